The van der Waals surface area contributed by atoms with E-state index in [4.69, 9.17) is 0 Å². The molecule has 106 valence electrons. The van der Waals surface area contributed by atoms with Crippen molar-refractivity contribution < 1.29 is 0 Å². The lowest BCUT2D eigenvalue weighted by Gasteiger charge is -2.37. The van der Waals surface area contributed by atoms with Crippen molar-refractivity contribution in [3.63, 3.8) is 0 Å². The molecule has 0 fully saturated rings. The number of nitrogens with one attached hydrogen (secondary N) is 1. The van der Waals surface area contributed by atoms with Crippen LogP contribution in [-0.2, 0) is 0 Å². The van der Waals surface area contributed by atoms with E-state index in [9.17, 15) is 0 Å². The van der Waals surface area contributed by atoms with E-state index in [-0.39, 0.29) is 0 Å². The molecule has 1 nitrogen and oxygen atoms in total. The molecule has 1 aliphatic heterocycles. The molecule has 2 aromatic rings. The van der Waals surface area contributed by atoms with E-state index >= 15 is 0 Å². The van der Waals surface area contributed by atoms with Crippen molar-refractivity contribution in [2.75, 3.05) is 5.32 Å². The van der Waals surface area contributed by atoms with Gasteiger partial charge in [-0.05, 0) is 43.4 Å². The van der Waals surface area contributed by atoms with Crippen LogP contribution in [0.2, 0.25) is 0 Å². The van der Waals surface area contributed by atoms with Gasteiger partial charge in [-0.25, -0.2) is 0 Å². The van der Waals surface area contributed by atoms with E-state index in [1.807, 2.05) is 0 Å². The number of anilines is 1. The number of allylic oxidation sites excluding steroid dienone is 2. The molecule has 1 aliphatic carbocycles. The summed E-state index contributed by atoms with van der Waals surface area (Å²) in [5.41, 5.74) is 6.86. The molecule has 3 atom stereocenters. The first kappa shape index (κ1) is 12.7. The molecule has 2 aromatic carbocycles. The Bertz CT molecular complexity index is 696. The van der Waals surface area contributed by atoms with Crippen LogP contribution in [0.15, 0.2) is 54.6 Å². The Morgan fingerprint density at radius 2 is 1.71 bits per heavy atom. The molecule has 1 N–H and O–H groups in total. The van der Waals surface area contributed by atoms with Crippen LogP contribution in [0.1, 0.15) is 40.6 Å². The van der Waals surface area contributed by atoms with Gasteiger partial charge >= 0.3 is 0 Å². The highest BCUT2D eigenvalue weighted by molar-refractivity contribution is 5.60. The standard InChI is InChI=1S/C20H21N/c1-13-6-9-15(10-7-13)20-17-5-3-4-16(17)18-12-14(2)8-11-19(18)21-20/h3-4,6-12,16-17,20-21H,5H2,1-2H3. The average Bonchev–Trinajstić information content (AvgIpc) is 2.97. The number of hydrogen-bond donors (Lipinski definition) is 1. The summed E-state index contributed by atoms with van der Waals surface area (Å²) >= 11 is 0. The van der Waals surface area contributed by atoms with Gasteiger partial charge in [0.05, 0.1) is 6.04 Å². The second-order valence-electron chi connectivity index (χ2n) is 6.48. The van der Waals surface area contributed by atoms with E-state index < -0.39 is 0 Å². The Morgan fingerprint density at radius 1 is 0.952 bits per heavy atom. The molecule has 1 heteroatoms. The lowest BCUT2D eigenvalue weighted by atomic mass is 9.76. The normalized spacial score (nSPS) is 26.1. The van der Waals surface area contributed by atoms with E-state index in [0.29, 0.717) is 17.9 Å². The quantitative estimate of drug-likeness (QED) is 0.711. The highest BCUT2D eigenvalue weighted by Crippen LogP contribution is 2.49. The summed E-state index contributed by atoms with van der Waals surface area (Å²) < 4.78 is 0. The molecular weight excluding hydrogens is 254 g/mol. The number of hydrogen-bond acceptors (Lipinski definition) is 1. The van der Waals surface area contributed by atoms with Gasteiger partial charge in [0.1, 0.15) is 0 Å². The number of aryl methyl sites for hydroxylation is 2. The third kappa shape index (κ3) is 2.08. The van der Waals surface area contributed by atoms with Gasteiger partial charge in [-0.1, -0.05) is 59.7 Å². The van der Waals surface area contributed by atoms with Crippen LogP contribution in [0, 0.1) is 19.8 Å². The Hall–Kier alpha value is -2.02. The monoisotopic (exact) mass is 275 g/mol. The van der Waals surface area contributed by atoms with Gasteiger partial charge < -0.3 is 5.32 Å². The van der Waals surface area contributed by atoms with E-state index in [0.717, 1.165) is 0 Å². The first-order chi connectivity index (χ1) is 10.2. The molecule has 0 spiro atoms. The van der Waals surface area contributed by atoms with Crippen LogP contribution in [0.4, 0.5) is 5.69 Å². The second-order valence-corrected chi connectivity index (χ2v) is 6.48. The maximum absolute atomic E-state index is 3.79. The topological polar surface area (TPSA) is 12.0 Å². The van der Waals surface area contributed by atoms with Crippen LogP contribution >= 0.6 is 0 Å². The Labute approximate surface area is 126 Å². The lowest BCUT2D eigenvalue weighted by molar-refractivity contribution is 0.425. The predicted molar refractivity (Wildman–Crippen MR) is 88.7 cm³/mol. The third-order valence-electron chi connectivity index (χ3n) is 4.95. The number of benzene rings is 2. The summed E-state index contributed by atoms with van der Waals surface area (Å²) in [7, 11) is 0. The molecule has 3 unspecified atom stereocenters. The van der Waals surface area contributed by atoms with Crippen molar-refractivity contribution in [2.24, 2.45) is 5.92 Å². The van der Waals surface area contributed by atoms with Crippen molar-refractivity contribution in [2.45, 2.75) is 32.2 Å². The number of fused-ring (bicyclic) bond motifs is 3. The van der Waals surface area contributed by atoms with E-state index in [1.165, 1.54) is 34.4 Å². The van der Waals surface area contributed by atoms with Crippen molar-refractivity contribution in [1.82, 2.24) is 0 Å². The minimum atomic E-state index is 0.417. The van der Waals surface area contributed by atoms with Crippen molar-refractivity contribution in [3.05, 3.63) is 76.9 Å². The maximum atomic E-state index is 3.79. The molecule has 0 amide bonds. The highest BCUT2D eigenvalue weighted by Gasteiger charge is 2.37. The van der Waals surface area contributed by atoms with Crippen LogP contribution in [-0.4, -0.2) is 0 Å². The summed E-state index contributed by atoms with van der Waals surface area (Å²) in [6.07, 6.45) is 5.93. The van der Waals surface area contributed by atoms with Gasteiger partial charge in [0.25, 0.3) is 0 Å². The summed E-state index contributed by atoms with van der Waals surface area (Å²) in [4.78, 5) is 0. The fraction of sp³-hybridized carbons (Fsp3) is 0.300. The summed E-state index contributed by atoms with van der Waals surface area (Å²) in [6.45, 7) is 4.33. The zero-order chi connectivity index (χ0) is 14.4. The van der Waals surface area contributed by atoms with Gasteiger partial charge in [-0.2, -0.15) is 0 Å². The summed E-state index contributed by atoms with van der Waals surface area (Å²) in [5, 5.41) is 3.79. The van der Waals surface area contributed by atoms with Gasteiger partial charge in [-0.15, -0.1) is 0 Å². The Kier molecular flexibility index (Phi) is 2.88. The summed E-state index contributed by atoms with van der Waals surface area (Å²) in [6, 6.07) is 16.2. The average molecular weight is 275 g/mol. The molecule has 4 rings (SSSR count). The van der Waals surface area contributed by atoms with Gasteiger partial charge in [0.15, 0.2) is 0 Å². The minimum absolute atomic E-state index is 0.417. The highest BCUT2D eigenvalue weighted by atomic mass is 15.0. The van der Waals surface area contributed by atoms with E-state index in [2.05, 4.69) is 73.8 Å². The molecule has 21 heavy (non-hydrogen) atoms. The van der Waals surface area contributed by atoms with Crippen LogP contribution in [0.25, 0.3) is 0 Å². The largest absolute Gasteiger partial charge is 0.378 e. The van der Waals surface area contributed by atoms with Crippen molar-refractivity contribution >= 4 is 5.69 Å². The molecule has 0 radical (unpaired) electrons. The van der Waals surface area contributed by atoms with Gasteiger partial charge in [-0.3, -0.25) is 0 Å². The van der Waals surface area contributed by atoms with Crippen LogP contribution in [0.3, 0.4) is 0 Å². The molecule has 1 heterocycles. The maximum Gasteiger partial charge on any atom is 0.0553 e. The molecule has 2 aliphatic rings. The third-order valence-corrected chi connectivity index (χ3v) is 4.95. The lowest BCUT2D eigenvalue weighted by Crippen LogP contribution is -2.29. The minimum Gasteiger partial charge on any atom is -0.378 e. The molecule has 0 saturated carbocycles. The van der Waals surface area contributed by atoms with Crippen LogP contribution in [0.5, 0.6) is 0 Å². The predicted octanol–water partition coefficient (Wildman–Crippen LogP) is 5.13. The second kappa shape index (κ2) is 4.77. The fourth-order valence-corrected chi connectivity index (χ4v) is 3.82. The SMILES string of the molecule is Cc1ccc(C2Nc3ccc(C)cc3C3C=CCC32)cc1. The smallest absolute Gasteiger partial charge is 0.0553 e. The van der Waals surface area contributed by atoms with Crippen molar-refractivity contribution in [3.8, 4) is 0 Å². The fourth-order valence-electron chi connectivity index (χ4n) is 3.82. The summed E-state index contributed by atoms with van der Waals surface area (Å²) in [5.74, 6) is 1.20. The Morgan fingerprint density at radius 3 is 2.52 bits per heavy atom. The zero-order valence-corrected chi connectivity index (χ0v) is 12.6. The number of rotatable bonds is 1. The molecule has 0 aromatic heterocycles. The molecule has 0 saturated heterocycles. The first-order valence-electron chi connectivity index (χ1n) is 7.83. The van der Waals surface area contributed by atoms with Gasteiger partial charge in [0, 0.05) is 11.6 Å². The van der Waals surface area contributed by atoms with Gasteiger partial charge in [0.2, 0.25) is 0 Å². The zero-order valence-electron chi connectivity index (χ0n) is 12.6. The van der Waals surface area contributed by atoms with Crippen LogP contribution < -0.4 is 5.32 Å². The molecule has 0 bridgehead atoms. The molecular formula is C20H21N. The van der Waals surface area contributed by atoms with Crippen molar-refractivity contribution in [1.29, 1.82) is 0 Å². The first-order valence-corrected chi connectivity index (χ1v) is 7.83. The Balaban J connectivity index is 1.78. The van der Waals surface area contributed by atoms with E-state index in [1.54, 1.807) is 0 Å².